The Balaban J connectivity index is 0.000000130. The Bertz CT molecular complexity index is 6500. The summed E-state index contributed by atoms with van der Waals surface area (Å²) in [5.74, 6) is -0.525. The summed E-state index contributed by atoms with van der Waals surface area (Å²) in [7, 11) is 0. The molecule has 0 amide bonds. The fourth-order valence-corrected chi connectivity index (χ4v) is 24.4. The third-order valence-corrected chi connectivity index (χ3v) is 31.3. The zero-order chi connectivity index (χ0) is 95.5. The van der Waals surface area contributed by atoms with Gasteiger partial charge in [0.1, 0.15) is 127 Å². The van der Waals surface area contributed by atoms with Crippen LogP contribution in [0.15, 0.2) is 71.3 Å². The van der Waals surface area contributed by atoms with Gasteiger partial charge in [-0.25, -0.2) is 77.5 Å². The Hall–Kier alpha value is -7.92. The minimum atomic E-state index is -4.41. The number of aromatic nitrogens is 24. The zero-order valence-electron chi connectivity index (χ0n) is 67.0. The Labute approximate surface area is 776 Å². The van der Waals surface area contributed by atoms with Crippen LogP contribution in [-0.4, -0.2) is 307 Å². The van der Waals surface area contributed by atoms with E-state index in [2.05, 4.69) is 102 Å². The van der Waals surface area contributed by atoms with Crippen LogP contribution in [0.4, 0.5) is 48.5 Å². The van der Waals surface area contributed by atoms with Gasteiger partial charge in [-0.1, -0.05) is 12.2 Å². The summed E-state index contributed by atoms with van der Waals surface area (Å²) in [6.07, 6.45) is -25.4. The van der Waals surface area contributed by atoms with Gasteiger partial charge in [-0.2, -0.15) is 15.0 Å². The summed E-state index contributed by atoms with van der Waals surface area (Å²) in [5.41, 5.74) is 33.3. The molecule has 0 spiro atoms. The number of aromatic amines is 3. The normalized spacial score (nSPS) is 37.7. The van der Waals surface area contributed by atoms with E-state index >= 15 is 13.2 Å². The number of anilines is 6. The number of halogens is 3. The van der Waals surface area contributed by atoms with Gasteiger partial charge in [0.05, 0.1) is 77.6 Å². The highest BCUT2D eigenvalue weighted by atomic mass is 32.7. The number of H-pyrrole nitrogens is 3. The predicted molar refractivity (Wildman–Crippen MR) is 467 cm³/mol. The molecule has 30 atom stereocenters. The van der Waals surface area contributed by atoms with Crippen LogP contribution in [0.5, 0.6) is 0 Å². The predicted octanol–water partition coefficient (Wildman–Crippen LogP) is -2.57. The topological polar surface area (TPSA) is 823 Å². The molecule has 75 heteroatoms. The first-order chi connectivity index (χ1) is 63.9. The van der Waals surface area contributed by atoms with E-state index in [4.69, 9.17) is 176 Å². The van der Waals surface area contributed by atoms with E-state index in [1.54, 1.807) is 0 Å². The molecule has 9 aliphatic rings. The van der Waals surface area contributed by atoms with Crippen LogP contribution < -0.4 is 51.1 Å². The van der Waals surface area contributed by atoms with Crippen molar-refractivity contribution in [2.45, 2.75) is 147 Å². The number of hydrogen-bond acceptors (Lipinski definition) is 51. The summed E-state index contributed by atoms with van der Waals surface area (Å²) in [6.45, 7) is -29.4. The van der Waals surface area contributed by atoms with Crippen LogP contribution in [0.25, 0.3) is 67.0 Å². The molecule has 0 saturated carbocycles. The Morgan fingerprint density at radius 3 is 0.844 bits per heavy atom. The second-order valence-electron chi connectivity index (χ2n) is 30.3. The van der Waals surface area contributed by atoms with Crippen LogP contribution in [-0.2, 0) is 146 Å². The number of aliphatic hydroxyl groups is 3. The number of thiol groups is 1. The average Bonchev–Trinajstić information content (AvgIpc) is 1.63. The van der Waals surface area contributed by atoms with E-state index in [1.807, 2.05) is 0 Å². The Morgan fingerprint density at radius 2 is 0.563 bits per heavy atom. The van der Waals surface area contributed by atoms with Gasteiger partial charge < -0.3 is 125 Å². The molecule has 12 aromatic heterocycles. The molecule has 9 aliphatic heterocycles. The maximum Gasteiger partial charge on any atom is 0.386 e. The summed E-state index contributed by atoms with van der Waals surface area (Å²) in [6, 6.07) is 0. The van der Waals surface area contributed by atoms with Crippen molar-refractivity contribution in [2.75, 3.05) is 74.0 Å². The first-order valence-corrected chi connectivity index (χ1v) is 54.4. The molecule has 60 nitrogen and oxygen atoms in total. The molecular weight excluding hydrogens is 2060 g/mol. The highest BCUT2D eigenvalue weighted by Gasteiger charge is 2.59. The van der Waals surface area contributed by atoms with E-state index in [-0.39, 0.29) is 102 Å². The lowest BCUT2D eigenvalue weighted by atomic mass is 10.1. The van der Waals surface area contributed by atoms with Crippen molar-refractivity contribution in [1.82, 2.24) is 117 Å². The third-order valence-electron chi connectivity index (χ3n) is 21.8. The van der Waals surface area contributed by atoms with E-state index < -0.39 is 244 Å². The highest BCUT2D eigenvalue weighted by Crippen LogP contribution is 2.61. The maximum absolute atomic E-state index is 16.0. The van der Waals surface area contributed by atoms with Gasteiger partial charge in [0.2, 0.25) is 17.8 Å². The second-order valence-corrected chi connectivity index (χ2v) is 47.1. The zero-order valence-corrected chi connectivity index (χ0v) is 77.4. The van der Waals surface area contributed by atoms with Gasteiger partial charge in [0.15, 0.2) is 124 Å². The lowest BCUT2D eigenvalue weighted by Crippen LogP contribution is -2.35. The number of aliphatic hydroxyl groups excluding tert-OH is 3. The molecule has 12 unspecified atom stereocenters. The number of nitrogens with two attached hydrogens (primary N) is 6. The lowest BCUT2D eigenvalue weighted by molar-refractivity contribution is -0.0602. The van der Waals surface area contributed by atoms with Crippen molar-refractivity contribution in [1.29, 1.82) is 0 Å². The molecule has 0 radical (unpaired) electrons. The summed E-state index contributed by atoms with van der Waals surface area (Å²) < 4.78 is 171. The van der Waals surface area contributed by atoms with Crippen LogP contribution in [0.3, 0.4) is 0 Å². The van der Waals surface area contributed by atoms with Gasteiger partial charge in [-0.05, 0) is 59.0 Å². The number of alkyl halides is 3. The van der Waals surface area contributed by atoms with Crippen molar-refractivity contribution in [3.05, 3.63) is 88.0 Å². The monoisotopic (exact) mass is 2120 g/mol. The van der Waals surface area contributed by atoms with E-state index in [0.717, 1.165) is 6.33 Å². The quantitative estimate of drug-likeness (QED) is 0.0601. The van der Waals surface area contributed by atoms with Crippen molar-refractivity contribution in [2.24, 2.45) is 0 Å². The van der Waals surface area contributed by atoms with Gasteiger partial charge in [0, 0.05) is 0 Å². The number of hydrogen-bond donors (Lipinski definition) is 18. The van der Waals surface area contributed by atoms with Gasteiger partial charge in [-0.3, -0.25) is 88.4 Å². The highest BCUT2D eigenvalue weighted by molar-refractivity contribution is 8.44. The molecular formula is C60H69F3N30O30P6S6. The van der Waals surface area contributed by atoms with Crippen LogP contribution in [0, 0.1) is 0 Å². The van der Waals surface area contributed by atoms with Crippen LogP contribution in [0.1, 0.15) is 37.4 Å². The number of imidazole rings is 6. The maximum atomic E-state index is 16.0. The van der Waals surface area contributed by atoms with E-state index in [0.29, 0.717) is 0 Å². The van der Waals surface area contributed by atoms with E-state index in [9.17, 15) is 58.7 Å². The van der Waals surface area contributed by atoms with Gasteiger partial charge in [-0.15, -0.1) is 0 Å². The summed E-state index contributed by atoms with van der Waals surface area (Å²) in [5, 5.41) is 33.4. The molecule has 9 saturated heterocycles. The van der Waals surface area contributed by atoms with Crippen LogP contribution in [0.2, 0.25) is 0 Å². The number of nitrogen functional groups attached to an aromatic ring is 6. The number of ether oxygens (including phenoxy) is 6. The fraction of sp³-hybridized carbons (Fsp3) is 0.500. The Kier molecular flexibility index (Phi) is 26.0. The van der Waals surface area contributed by atoms with Crippen LogP contribution >= 0.6 is 52.6 Å². The number of rotatable bonds is 6. The summed E-state index contributed by atoms with van der Waals surface area (Å²) in [4.78, 5) is 159. The molecule has 21 rings (SSSR count). The van der Waals surface area contributed by atoms with E-state index in [1.165, 1.54) is 78.0 Å². The molecule has 0 aliphatic carbocycles. The third kappa shape index (κ3) is 18.7. The Morgan fingerprint density at radius 1 is 0.333 bits per heavy atom. The van der Waals surface area contributed by atoms with Crippen molar-refractivity contribution in [3.8, 4) is 0 Å². The van der Waals surface area contributed by atoms with Gasteiger partial charge in [0.25, 0.3) is 16.7 Å². The average molecular weight is 2130 g/mol. The molecule has 9 fully saturated rings. The standard InChI is InChI=1S/3C20H23FN10O10P2S2/c3*21-8-12-7(39-18(8)30-4-26-9-14(22)24-3-25-15(9)30)2-37-43(35,45)41-13-11(32)6(1-36-42(34,44)40-12)38-19(13)31-5-27-10-16(31)28-20(23)29-17(10)33/h3*3-8,11-13,18-19,32H,1-2H2,(H,34,44)(H,35,45)(H2,22,24,25)(H3,23,28,29,33)/t3*6-,7-,8?,11+,12+,13?,18-,19-,42?,43?/m111/s1. The smallest absolute Gasteiger partial charge is 0.386 e. The largest absolute Gasteiger partial charge is 0.387 e. The minimum absolute atomic E-state index is 0.0335. The number of fused-ring (bicyclic) bond motifs is 15. The fourth-order valence-electron chi connectivity index (χ4n) is 15.8. The molecule has 135 heavy (non-hydrogen) atoms. The first kappa shape index (κ1) is 96.0. The number of nitrogens with one attached hydrogen (secondary N) is 3. The second kappa shape index (κ2) is 36.6. The molecule has 726 valence electrons. The van der Waals surface area contributed by atoms with Crippen molar-refractivity contribution < 1.29 is 140 Å². The molecule has 6 bridgehead atoms. The summed E-state index contributed by atoms with van der Waals surface area (Å²) >= 11 is 30.0. The molecule has 0 aromatic carbocycles. The molecule has 12 aromatic rings. The SMILES string of the molecule is Nc1nc2c(ncn2[C@@H]2O[C@@H]3COP(O)(=S)O[C@@H]4C(F)[C@H](n5cnc6c(N)ncnc65)O[C@@H]4COP(=O)(S)OC2[C@H]3O)c(=O)[nH]1.Nc1nc2c(ncn2[C@@H]2O[C@@H]3COP(O)(=S)O[C@@H]4C(F)[C@H](n5cnc6c(N)ncnc65)O[C@@H]4COP(O)(=S)OC2[C@H]3O)c(=O)[nH]1.Nc1nc2c(ncn2[C@@H]2O[C@@H]3COP(O)(=S)O[C@@H]4C(F)[C@H](n5cnc6c(N)ncnc65)O[C@@H]4COP(O)(=S)OC2[C@H]3O)c(=O)[nH]1. The van der Waals surface area contributed by atoms with Gasteiger partial charge >= 0.3 is 40.4 Å². The molecule has 23 N–H and O–H groups in total. The van der Waals surface area contributed by atoms with Crippen molar-refractivity contribution >= 4 is 214 Å². The van der Waals surface area contributed by atoms with Crippen molar-refractivity contribution in [3.63, 3.8) is 0 Å². The number of nitrogens with zero attached hydrogens (tertiary/aromatic N) is 21. The minimum Gasteiger partial charge on any atom is -0.387 e. The molecule has 21 heterocycles. The lowest BCUT2D eigenvalue weighted by Gasteiger charge is -2.27. The first-order valence-electron chi connectivity index (χ1n) is 38.7.